The number of nitrogens with two attached hydrogens (primary N) is 1. The molecule has 0 aliphatic carbocycles. The summed E-state index contributed by atoms with van der Waals surface area (Å²) in [6, 6.07) is 0.141. The number of nitrogens with zero attached hydrogens (tertiary/aromatic N) is 1. The van der Waals surface area contributed by atoms with Crippen molar-refractivity contribution in [2.24, 2.45) is 11.7 Å². The van der Waals surface area contributed by atoms with E-state index in [4.69, 9.17) is 10.5 Å². The largest absolute Gasteiger partial charge is 0.368 e. The molecule has 88 valence electrons. The highest BCUT2D eigenvalue weighted by Gasteiger charge is 2.32. The number of carbonyl (C=O) groups is 1. The molecule has 1 fully saturated rings. The molecule has 0 radical (unpaired) electrons. The van der Waals surface area contributed by atoms with Crippen molar-refractivity contribution in [2.75, 3.05) is 20.2 Å². The molecule has 1 amide bonds. The maximum Gasteiger partial charge on any atom is 0.251 e. The highest BCUT2D eigenvalue weighted by atomic mass is 16.5. The molecule has 0 aromatic heterocycles. The second-order valence-electron chi connectivity index (χ2n) is 4.58. The van der Waals surface area contributed by atoms with Crippen LogP contribution in [0.3, 0.4) is 0 Å². The predicted molar refractivity (Wildman–Crippen MR) is 59.4 cm³/mol. The third kappa shape index (κ3) is 3.47. The predicted octanol–water partition coefficient (Wildman–Crippen LogP) is 0.607. The van der Waals surface area contributed by atoms with Crippen LogP contribution in [0.25, 0.3) is 0 Å². The summed E-state index contributed by atoms with van der Waals surface area (Å²) in [4.78, 5) is 13.7. The van der Waals surface area contributed by atoms with E-state index in [0.717, 1.165) is 12.8 Å². The topological polar surface area (TPSA) is 55.6 Å². The molecule has 0 bridgehead atoms. The maximum absolute atomic E-state index is 11.9. The van der Waals surface area contributed by atoms with Crippen molar-refractivity contribution < 1.29 is 9.53 Å². The van der Waals surface area contributed by atoms with E-state index >= 15 is 0 Å². The fourth-order valence-electron chi connectivity index (χ4n) is 1.74. The van der Waals surface area contributed by atoms with Gasteiger partial charge in [-0.2, -0.15) is 0 Å². The fraction of sp³-hybridized carbons (Fsp3) is 0.909. The Hall–Kier alpha value is -0.610. The summed E-state index contributed by atoms with van der Waals surface area (Å²) in [6.45, 7) is 5.43. The van der Waals surface area contributed by atoms with Crippen LogP contribution >= 0.6 is 0 Å². The molecule has 3 atom stereocenters. The monoisotopic (exact) mass is 214 g/mol. The number of carbonyl (C=O) groups excluding carboxylic acids is 1. The number of likely N-dealkylation sites (N-methyl/N-ethyl adjacent to an activating group) is 1. The molecular formula is C11H22N2O2. The van der Waals surface area contributed by atoms with E-state index in [0.29, 0.717) is 19.1 Å². The van der Waals surface area contributed by atoms with E-state index in [-0.39, 0.29) is 18.1 Å². The zero-order chi connectivity index (χ0) is 11.4. The summed E-state index contributed by atoms with van der Waals surface area (Å²) in [5.74, 6) is 0.441. The number of ether oxygens (including phenoxy) is 1. The molecule has 1 rings (SSSR count). The quantitative estimate of drug-likeness (QED) is 0.746. The lowest BCUT2D eigenvalue weighted by Crippen LogP contribution is -2.40. The Bertz CT molecular complexity index is 219. The normalized spacial score (nSPS) is 27.7. The fourth-order valence-corrected chi connectivity index (χ4v) is 1.74. The van der Waals surface area contributed by atoms with Crippen molar-refractivity contribution in [3.05, 3.63) is 0 Å². The van der Waals surface area contributed by atoms with E-state index in [9.17, 15) is 4.79 Å². The molecule has 4 nitrogen and oxygen atoms in total. The Morgan fingerprint density at radius 2 is 2.33 bits per heavy atom. The summed E-state index contributed by atoms with van der Waals surface area (Å²) in [6.07, 6.45) is 1.59. The Balaban J connectivity index is 2.38. The average molecular weight is 214 g/mol. The summed E-state index contributed by atoms with van der Waals surface area (Å²) in [5, 5.41) is 0. The van der Waals surface area contributed by atoms with E-state index in [1.165, 1.54) is 0 Å². The summed E-state index contributed by atoms with van der Waals surface area (Å²) in [7, 11) is 1.82. The molecule has 1 aliphatic heterocycles. The van der Waals surface area contributed by atoms with Crippen molar-refractivity contribution in [2.45, 2.75) is 38.8 Å². The first kappa shape index (κ1) is 12.5. The van der Waals surface area contributed by atoms with Gasteiger partial charge in [0.1, 0.15) is 6.10 Å². The molecular weight excluding hydrogens is 192 g/mol. The molecule has 15 heavy (non-hydrogen) atoms. The van der Waals surface area contributed by atoms with Crippen LogP contribution in [0.2, 0.25) is 0 Å². The maximum atomic E-state index is 11.9. The van der Waals surface area contributed by atoms with Crippen LogP contribution in [0.4, 0.5) is 0 Å². The minimum atomic E-state index is -0.233. The van der Waals surface area contributed by atoms with Gasteiger partial charge in [-0.3, -0.25) is 4.79 Å². The zero-order valence-electron chi connectivity index (χ0n) is 9.90. The van der Waals surface area contributed by atoms with Gasteiger partial charge >= 0.3 is 0 Å². The van der Waals surface area contributed by atoms with Gasteiger partial charge in [-0.1, -0.05) is 6.92 Å². The molecule has 4 heteroatoms. The minimum Gasteiger partial charge on any atom is -0.368 e. The lowest BCUT2D eigenvalue weighted by Gasteiger charge is -2.23. The first-order valence-corrected chi connectivity index (χ1v) is 5.64. The first-order chi connectivity index (χ1) is 7.02. The van der Waals surface area contributed by atoms with Crippen LogP contribution in [0, 0.1) is 5.92 Å². The molecule has 1 saturated heterocycles. The Labute approximate surface area is 91.8 Å². The van der Waals surface area contributed by atoms with Gasteiger partial charge < -0.3 is 15.4 Å². The van der Waals surface area contributed by atoms with Gasteiger partial charge in [0.2, 0.25) is 0 Å². The zero-order valence-corrected chi connectivity index (χ0v) is 9.90. The average Bonchev–Trinajstić information content (AvgIpc) is 2.59. The summed E-state index contributed by atoms with van der Waals surface area (Å²) < 4.78 is 5.43. The van der Waals surface area contributed by atoms with Crippen molar-refractivity contribution >= 4 is 5.91 Å². The third-order valence-electron chi connectivity index (χ3n) is 2.93. The van der Waals surface area contributed by atoms with Gasteiger partial charge in [-0.15, -0.1) is 0 Å². The standard InChI is InChI=1S/C11H22N2O2/c1-8-5-7-15-10(8)11(14)13(3)6-4-9(2)12/h8-10H,4-7,12H2,1-3H3. The second kappa shape index (κ2) is 5.47. The van der Waals surface area contributed by atoms with E-state index in [2.05, 4.69) is 6.92 Å². The minimum absolute atomic E-state index is 0.0978. The van der Waals surface area contributed by atoms with Crippen LogP contribution in [-0.2, 0) is 9.53 Å². The highest BCUT2D eigenvalue weighted by Crippen LogP contribution is 2.21. The number of amides is 1. The van der Waals surface area contributed by atoms with E-state index in [1.54, 1.807) is 4.90 Å². The molecule has 1 heterocycles. The summed E-state index contributed by atoms with van der Waals surface area (Å²) in [5.41, 5.74) is 5.65. The smallest absolute Gasteiger partial charge is 0.251 e. The van der Waals surface area contributed by atoms with Gasteiger partial charge in [0.25, 0.3) is 5.91 Å². The Kier molecular flexibility index (Phi) is 4.54. The van der Waals surface area contributed by atoms with Crippen molar-refractivity contribution in [1.29, 1.82) is 0 Å². The Morgan fingerprint density at radius 1 is 1.67 bits per heavy atom. The lowest BCUT2D eigenvalue weighted by molar-refractivity contribution is -0.141. The molecule has 0 aromatic carbocycles. The number of hydrogen-bond acceptors (Lipinski definition) is 3. The number of rotatable bonds is 4. The van der Waals surface area contributed by atoms with E-state index < -0.39 is 0 Å². The van der Waals surface area contributed by atoms with E-state index in [1.807, 2.05) is 14.0 Å². The molecule has 0 aromatic rings. The van der Waals surface area contributed by atoms with Crippen LogP contribution in [-0.4, -0.2) is 43.2 Å². The first-order valence-electron chi connectivity index (χ1n) is 5.64. The summed E-state index contributed by atoms with van der Waals surface area (Å²) >= 11 is 0. The molecule has 1 aliphatic rings. The number of hydrogen-bond donors (Lipinski definition) is 1. The van der Waals surface area contributed by atoms with Crippen molar-refractivity contribution in [3.8, 4) is 0 Å². The molecule has 3 unspecified atom stereocenters. The van der Waals surface area contributed by atoms with Crippen LogP contribution < -0.4 is 5.73 Å². The highest BCUT2D eigenvalue weighted by molar-refractivity contribution is 5.81. The van der Waals surface area contributed by atoms with Gasteiger partial charge in [0.05, 0.1) is 0 Å². The lowest BCUT2D eigenvalue weighted by atomic mass is 10.0. The Morgan fingerprint density at radius 3 is 2.80 bits per heavy atom. The van der Waals surface area contributed by atoms with Crippen LogP contribution in [0.1, 0.15) is 26.7 Å². The van der Waals surface area contributed by atoms with Crippen LogP contribution in [0.15, 0.2) is 0 Å². The van der Waals surface area contributed by atoms with Crippen molar-refractivity contribution in [3.63, 3.8) is 0 Å². The third-order valence-corrected chi connectivity index (χ3v) is 2.93. The van der Waals surface area contributed by atoms with Gasteiger partial charge in [0, 0.05) is 26.2 Å². The van der Waals surface area contributed by atoms with Gasteiger partial charge in [-0.25, -0.2) is 0 Å². The SMILES string of the molecule is CC(N)CCN(C)C(=O)C1OCCC1C. The van der Waals surface area contributed by atoms with Crippen LogP contribution in [0.5, 0.6) is 0 Å². The molecule has 2 N–H and O–H groups in total. The van der Waals surface area contributed by atoms with Gasteiger partial charge in [-0.05, 0) is 25.7 Å². The van der Waals surface area contributed by atoms with Gasteiger partial charge in [0.15, 0.2) is 0 Å². The second-order valence-corrected chi connectivity index (χ2v) is 4.58. The van der Waals surface area contributed by atoms with Crippen molar-refractivity contribution in [1.82, 2.24) is 4.90 Å². The molecule has 0 spiro atoms. The molecule has 0 saturated carbocycles.